The molecule has 0 bridgehead atoms. The number of carbonyl (C=O) groups excluding carboxylic acids is 3. The third-order valence-corrected chi connectivity index (χ3v) is 10.1. The van der Waals surface area contributed by atoms with E-state index >= 15 is 0 Å². The highest BCUT2D eigenvalue weighted by molar-refractivity contribution is 6.65. The van der Waals surface area contributed by atoms with Gasteiger partial charge in [0.1, 0.15) is 5.75 Å². The number of benzene rings is 1. The van der Waals surface area contributed by atoms with Crippen molar-refractivity contribution in [2.24, 2.45) is 0 Å². The maximum Gasteiger partial charge on any atom is 0.705 e. The molecule has 1 aliphatic rings. The summed E-state index contributed by atoms with van der Waals surface area (Å²) in [5, 5.41) is 0. The molecule has 0 heterocycles. The minimum absolute atomic E-state index is 0.110. The van der Waals surface area contributed by atoms with Crippen molar-refractivity contribution >= 4 is 26.7 Å². The fourth-order valence-electron chi connectivity index (χ4n) is 5.67. The van der Waals surface area contributed by atoms with Crippen LogP contribution in [-0.4, -0.2) is 33.3 Å². The summed E-state index contributed by atoms with van der Waals surface area (Å²) in [4.78, 5) is 35.2. The highest BCUT2D eigenvalue weighted by atomic mass is 28.4. The lowest BCUT2D eigenvalue weighted by Gasteiger charge is -2.27. The largest absolute Gasteiger partial charge is 0.705 e. The first-order valence-corrected chi connectivity index (χ1v) is 17.0. The molecule has 1 aromatic rings. The van der Waals surface area contributed by atoms with E-state index in [4.69, 9.17) is 18.0 Å². The molecule has 1 aliphatic carbocycles. The molecule has 1 aromatic carbocycles. The summed E-state index contributed by atoms with van der Waals surface area (Å²) in [5.74, 6) is -0.00455. The Bertz CT molecular complexity index is 869. The maximum absolute atomic E-state index is 11.7. The molecule has 0 radical (unpaired) electrons. The van der Waals surface area contributed by atoms with Crippen molar-refractivity contribution in [1.82, 2.24) is 0 Å². The van der Waals surface area contributed by atoms with Gasteiger partial charge in [-0.1, -0.05) is 77.3 Å². The van der Waals surface area contributed by atoms with Gasteiger partial charge in [-0.15, -0.1) is 0 Å². The molecule has 0 amide bonds. The summed E-state index contributed by atoms with van der Waals surface area (Å²) >= 11 is 0. The van der Waals surface area contributed by atoms with Gasteiger partial charge >= 0.3 is 8.80 Å². The van der Waals surface area contributed by atoms with Crippen molar-refractivity contribution in [1.29, 1.82) is 0 Å². The van der Waals surface area contributed by atoms with Gasteiger partial charge in [0.2, 0.25) is 0 Å². The van der Waals surface area contributed by atoms with Crippen LogP contribution < -0.4 is 4.74 Å². The lowest BCUT2D eigenvalue weighted by Crippen LogP contribution is -2.49. The molecular weight excluding hydrogens is 512 g/mol. The van der Waals surface area contributed by atoms with Crippen molar-refractivity contribution in [3.8, 4) is 5.75 Å². The van der Waals surface area contributed by atoms with Gasteiger partial charge in [0.05, 0.1) is 12.7 Å². The average Bonchev–Trinajstić information content (AvgIpc) is 2.88. The van der Waals surface area contributed by atoms with Crippen LogP contribution >= 0.6 is 0 Å². The van der Waals surface area contributed by atoms with Crippen molar-refractivity contribution < 1.29 is 32.4 Å². The minimum Gasteiger partial charge on any atom is -0.493 e. The molecular formula is C31H50O7Si. The second kappa shape index (κ2) is 17.4. The van der Waals surface area contributed by atoms with Crippen LogP contribution in [-0.2, 0) is 27.7 Å². The quantitative estimate of drug-likeness (QED) is 0.140. The first-order valence-electron chi connectivity index (χ1n) is 15.0. The van der Waals surface area contributed by atoms with Crippen LogP contribution in [0.25, 0.3) is 0 Å². The number of ether oxygens (including phenoxy) is 1. The normalized spacial score (nSPS) is 14.9. The molecule has 39 heavy (non-hydrogen) atoms. The first kappa shape index (κ1) is 32.9. The Kier molecular flexibility index (Phi) is 14.6. The lowest BCUT2D eigenvalue weighted by atomic mass is 9.81. The van der Waals surface area contributed by atoms with E-state index in [1.807, 2.05) is 0 Å². The van der Waals surface area contributed by atoms with Crippen molar-refractivity contribution in [2.75, 3.05) is 6.61 Å². The Morgan fingerprint density at radius 2 is 1.46 bits per heavy atom. The summed E-state index contributed by atoms with van der Waals surface area (Å²) in [5.41, 5.74) is 2.72. The van der Waals surface area contributed by atoms with Crippen LogP contribution in [0.15, 0.2) is 18.2 Å². The highest BCUT2D eigenvalue weighted by Gasteiger charge is 2.51. The smallest absolute Gasteiger partial charge is 0.493 e. The van der Waals surface area contributed by atoms with Crippen molar-refractivity contribution in [3.63, 3.8) is 0 Å². The Morgan fingerprint density at radius 3 is 2.03 bits per heavy atom. The zero-order chi connectivity index (χ0) is 28.7. The highest BCUT2D eigenvalue weighted by Crippen LogP contribution is 2.40. The van der Waals surface area contributed by atoms with Crippen LogP contribution in [0.5, 0.6) is 5.75 Å². The topological polar surface area (TPSA) is 88.1 Å². The summed E-state index contributed by atoms with van der Waals surface area (Å²) in [6.07, 6.45) is 15.3. The van der Waals surface area contributed by atoms with Gasteiger partial charge < -0.3 is 18.0 Å². The molecule has 8 heteroatoms. The molecule has 220 valence electrons. The molecule has 1 atom stereocenters. The lowest BCUT2D eigenvalue weighted by molar-refractivity contribution is -0.147. The van der Waals surface area contributed by atoms with Gasteiger partial charge in [0.15, 0.2) is 0 Å². The monoisotopic (exact) mass is 562 g/mol. The maximum atomic E-state index is 11.7. The first-order chi connectivity index (χ1) is 18.7. The molecule has 2 rings (SSSR count). The van der Waals surface area contributed by atoms with Gasteiger partial charge in [-0.3, -0.25) is 14.4 Å². The predicted molar refractivity (Wildman–Crippen MR) is 155 cm³/mol. The van der Waals surface area contributed by atoms with E-state index in [1.165, 1.54) is 109 Å². The van der Waals surface area contributed by atoms with E-state index in [2.05, 4.69) is 32.0 Å². The van der Waals surface area contributed by atoms with Gasteiger partial charge in [-0.2, -0.15) is 0 Å². The van der Waals surface area contributed by atoms with Crippen LogP contribution in [0.4, 0.5) is 0 Å². The van der Waals surface area contributed by atoms with Gasteiger partial charge in [-0.05, 0) is 61.1 Å². The second-order valence-corrected chi connectivity index (χ2v) is 13.4. The molecule has 0 N–H and O–H groups in total. The molecule has 1 fully saturated rings. The third-order valence-electron chi connectivity index (χ3n) is 7.38. The van der Waals surface area contributed by atoms with E-state index < -0.39 is 26.7 Å². The number of hydrogen-bond acceptors (Lipinski definition) is 7. The van der Waals surface area contributed by atoms with Crippen LogP contribution in [0, 0.1) is 0 Å². The van der Waals surface area contributed by atoms with E-state index in [1.54, 1.807) is 0 Å². The summed E-state index contributed by atoms with van der Waals surface area (Å²) < 4.78 is 22.2. The summed E-state index contributed by atoms with van der Waals surface area (Å²) in [6, 6.07) is 6.88. The van der Waals surface area contributed by atoms with Gasteiger partial charge in [0.25, 0.3) is 17.9 Å². The fourth-order valence-corrected chi connectivity index (χ4v) is 7.99. The Morgan fingerprint density at radius 1 is 0.821 bits per heavy atom. The van der Waals surface area contributed by atoms with E-state index in [0.29, 0.717) is 24.9 Å². The van der Waals surface area contributed by atoms with E-state index in [9.17, 15) is 14.4 Å². The molecule has 0 spiro atoms. The Hall–Kier alpha value is -2.35. The Labute approximate surface area is 236 Å². The molecule has 1 unspecified atom stereocenters. The zero-order valence-electron chi connectivity index (χ0n) is 24.9. The molecule has 0 aromatic heterocycles. The van der Waals surface area contributed by atoms with Crippen molar-refractivity contribution in [2.45, 2.75) is 136 Å². The number of carbonyl (C=O) groups is 3. The number of hydrogen-bond donors (Lipinski definition) is 0. The minimum atomic E-state index is -3.85. The second-order valence-electron chi connectivity index (χ2n) is 10.9. The molecule has 1 saturated carbocycles. The number of unbranched alkanes of at least 4 members (excludes halogenated alkanes) is 3. The zero-order valence-corrected chi connectivity index (χ0v) is 25.9. The predicted octanol–water partition coefficient (Wildman–Crippen LogP) is 7.99. The number of rotatable bonds is 17. The van der Waals surface area contributed by atoms with E-state index in [0.717, 1.165) is 5.75 Å². The van der Waals surface area contributed by atoms with Gasteiger partial charge in [0, 0.05) is 20.8 Å². The average molecular weight is 563 g/mol. The summed E-state index contributed by atoms with van der Waals surface area (Å²) in [7, 11) is -3.85. The summed E-state index contributed by atoms with van der Waals surface area (Å²) in [6.45, 7) is 8.47. The SMILES string of the molecule is CCCCCCC(CCC)c1ccc(OCCC[Si](OC(C)=O)(OC(C)=O)OC(C)=O)c(C2CCCCC2)c1. The van der Waals surface area contributed by atoms with Crippen LogP contribution in [0.3, 0.4) is 0 Å². The third kappa shape index (κ3) is 11.7. The molecule has 0 saturated heterocycles. The van der Waals surface area contributed by atoms with Crippen LogP contribution in [0.1, 0.15) is 141 Å². The molecule has 0 aliphatic heterocycles. The standard InChI is InChI=1S/C31H50O7Si/c1-6-8-9-11-16-27(15-7-2)29-19-20-31(30(23-29)28-17-12-10-13-18-28)35-21-14-22-39(36-24(3)32,37-25(4)33)38-26(5)34/h19-20,23,27-28H,6-18,21-22H2,1-5H3. The van der Waals surface area contributed by atoms with Gasteiger partial charge in [-0.25, -0.2) is 0 Å². The van der Waals surface area contributed by atoms with Crippen LogP contribution in [0.2, 0.25) is 6.04 Å². The van der Waals surface area contributed by atoms with E-state index in [-0.39, 0.29) is 6.04 Å². The fraction of sp³-hybridized carbons (Fsp3) is 0.710. The van der Waals surface area contributed by atoms with Crippen molar-refractivity contribution in [3.05, 3.63) is 29.3 Å². The molecule has 7 nitrogen and oxygen atoms in total. The Balaban J connectivity index is 2.18.